The molecule has 2 aromatic carbocycles. The summed E-state index contributed by atoms with van der Waals surface area (Å²) in [6.45, 7) is 3.14. The van der Waals surface area contributed by atoms with Crippen molar-refractivity contribution in [3.8, 4) is 17.0 Å². The average Bonchev–Trinajstić information content (AvgIpc) is 2.90. The number of fused-ring (bicyclic) bond motifs is 1. The molecule has 2 heterocycles. The van der Waals surface area contributed by atoms with Crippen LogP contribution in [0.5, 0.6) is 5.88 Å². The Hall–Kier alpha value is -4.74. The van der Waals surface area contributed by atoms with Gasteiger partial charge in [0.25, 0.3) is 12.9 Å². The highest BCUT2D eigenvalue weighted by Gasteiger charge is 2.21. The maximum Gasteiger partial charge on any atom is 0.290 e. The smallest absolute Gasteiger partial charge is 0.290 e. The van der Waals surface area contributed by atoms with E-state index in [-0.39, 0.29) is 30.2 Å². The Bertz CT molecular complexity index is 1530. The molecule has 4 rings (SSSR count). The van der Waals surface area contributed by atoms with Crippen LogP contribution >= 0.6 is 0 Å². The lowest BCUT2D eigenvalue weighted by Gasteiger charge is -2.19. The highest BCUT2D eigenvalue weighted by molar-refractivity contribution is 5.93. The maximum atomic E-state index is 14.8. The number of nitrogens with zero attached hydrogens (tertiary/aromatic N) is 4. The Morgan fingerprint density at radius 2 is 1.77 bits per heavy atom. The summed E-state index contributed by atoms with van der Waals surface area (Å²) in [6.07, 6.45) is -1.44. The number of benzene rings is 2. The number of aryl methyl sites for hydroxylation is 1. The predicted molar refractivity (Wildman–Crippen MR) is 144 cm³/mol. The lowest BCUT2D eigenvalue weighted by atomic mass is 10.0. The van der Waals surface area contributed by atoms with E-state index in [9.17, 15) is 23.1 Å². The van der Waals surface area contributed by atoms with Crippen molar-refractivity contribution in [2.75, 3.05) is 19.4 Å². The van der Waals surface area contributed by atoms with Crippen LogP contribution in [0.1, 0.15) is 41.9 Å². The summed E-state index contributed by atoms with van der Waals surface area (Å²) in [7, 11) is 3.26. The third kappa shape index (κ3) is 6.82. The number of aromatic hydroxyl groups is 1. The van der Waals surface area contributed by atoms with E-state index in [0.717, 1.165) is 11.6 Å². The van der Waals surface area contributed by atoms with Gasteiger partial charge in [0, 0.05) is 42.4 Å². The predicted octanol–water partition coefficient (Wildman–Crippen LogP) is 5.29. The molecule has 0 spiro atoms. The van der Waals surface area contributed by atoms with Gasteiger partial charge < -0.3 is 20.4 Å². The van der Waals surface area contributed by atoms with Crippen LogP contribution in [-0.4, -0.2) is 56.5 Å². The van der Waals surface area contributed by atoms with Gasteiger partial charge in [-0.2, -0.15) is 0 Å². The van der Waals surface area contributed by atoms with E-state index >= 15 is 0 Å². The Kier molecular flexibility index (Phi) is 9.59. The van der Waals surface area contributed by atoms with E-state index < -0.39 is 23.8 Å². The molecular weight excluding hydrogens is 527 g/mol. The monoisotopic (exact) mass is 555 g/mol. The number of anilines is 1. The Balaban J connectivity index is 0.00000141. The molecule has 0 aliphatic carbocycles. The molecule has 0 unspecified atom stereocenters. The fourth-order valence-electron chi connectivity index (χ4n) is 4.00. The Labute approximate surface area is 228 Å². The minimum absolute atomic E-state index is 0.0108. The number of likely N-dealkylation sites (N-methyl/N-ethyl adjacent to an activating group) is 1. The second-order valence-corrected chi connectivity index (χ2v) is 9.05. The Morgan fingerprint density at radius 3 is 2.42 bits per heavy atom. The number of rotatable bonds is 7. The van der Waals surface area contributed by atoms with E-state index in [1.54, 1.807) is 40.1 Å². The first-order valence-electron chi connectivity index (χ1n) is 12.0. The number of halogens is 3. The summed E-state index contributed by atoms with van der Waals surface area (Å²) in [5.74, 6) is -0.465. The van der Waals surface area contributed by atoms with Gasteiger partial charge >= 0.3 is 0 Å². The summed E-state index contributed by atoms with van der Waals surface area (Å²) >= 11 is 0. The van der Waals surface area contributed by atoms with Crippen molar-refractivity contribution in [1.82, 2.24) is 19.9 Å². The van der Waals surface area contributed by atoms with Gasteiger partial charge in [0.1, 0.15) is 17.5 Å². The molecule has 0 bridgehead atoms. The minimum Gasteiger partial charge on any atom is -0.493 e. The fraction of sp³-hybridized carbons (Fsp3) is 0.250. The molecule has 0 saturated heterocycles. The van der Waals surface area contributed by atoms with Crippen molar-refractivity contribution in [2.24, 2.45) is 0 Å². The third-order valence-electron chi connectivity index (χ3n) is 6.04. The van der Waals surface area contributed by atoms with Gasteiger partial charge in [0.05, 0.1) is 23.5 Å². The van der Waals surface area contributed by atoms with Gasteiger partial charge in [-0.15, -0.1) is 0 Å². The van der Waals surface area contributed by atoms with E-state index in [4.69, 9.17) is 9.90 Å². The zero-order valence-corrected chi connectivity index (χ0v) is 22.2. The molecule has 0 saturated carbocycles. The van der Waals surface area contributed by atoms with Crippen LogP contribution in [0.25, 0.3) is 22.0 Å². The second kappa shape index (κ2) is 12.9. The molecular formula is C28H28F3N5O4. The molecule has 1 amide bonds. The number of alkyl halides is 2. The largest absolute Gasteiger partial charge is 0.493 e. The summed E-state index contributed by atoms with van der Waals surface area (Å²) in [4.78, 5) is 34.9. The van der Waals surface area contributed by atoms with Gasteiger partial charge in [-0.25, -0.2) is 28.1 Å². The zero-order valence-electron chi connectivity index (χ0n) is 22.2. The fourth-order valence-corrected chi connectivity index (χ4v) is 4.00. The van der Waals surface area contributed by atoms with E-state index in [2.05, 4.69) is 20.3 Å². The lowest BCUT2D eigenvalue weighted by molar-refractivity contribution is -0.128. The molecule has 4 aromatic rings. The van der Waals surface area contributed by atoms with Gasteiger partial charge in [0.15, 0.2) is 0 Å². The van der Waals surface area contributed by atoms with Crippen molar-refractivity contribution in [3.63, 3.8) is 0 Å². The SMILES string of the molecule is Cc1nc(N[C@H](C)c2cccc(C(F)F)c2F)c2cc(-c3cnc(O)c(CC(=O)N(C)C)c3)ccc2n1.O=CO. The van der Waals surface area contributed by atoms with E-state index in [1.807, 2.05) is 12.1 Å². The molecule has 0 radical (unpaired) electrons. The number of amides is 1. The number of pyridine rings is 1. The van der Waals surface area contributed by atoms with Gasteiger partial charge in [-0.1, -0.05) is 24.3 Å². The average molecular weight is 556 g/mol. The number of carbonyl (C=O) groups is 2. The van der Waals surface area contributed by atoms with Crippen molar-refractivity contribution in [3.05, 3.63) is 77.0 Å². The second-order valence-electron chi connectivity index (χ2n) is 9.05. The first kappa shape index (κ1) is 29.8. The molecule has 3 N–H and O–H groups in total. The molecule has 2 aromatic heterocycles. The summed E-state index contributed by atoms with van der Waals surface area (Å²) in [5.41, 5.74) is 1.85. The summed E-state index contributed by atoms with van der Waals surface area (Å²) in [5, 5.41) is 20.8. The van der Waals surface area contributed by atoms with Crippen LogP contribution in [0.15, 0.2) is 48.7 Å². The standard InChI is InChI=1S/C27H26F3N5O2.CH2O2/c1-14(19-6-5-7-20(24(19)28)25(29)30)32-26-21-11-16(8-9-22(21)33-15(2)34-26)18-10-17(27(37)31-13-18)12-23(36)35(3)4;2-1-3/h5-11,13-14,25H,12H2,1-4H3,(H,31,37)(H,32,33,34);1H,(H,2,3)/t14-;/m1./s1. The lowest BCUT2D eigenvalue weighted by Crippen LogP contribution is -2.23. The van der Waals surface area contributed by atoms with Crippen LogP contribution in [0, 0.1) is 12.7 Å². The van der Waals surface area contributed by atoms with Gasteiger partial charge in [0.2, 0.25) is 11.8 Å². The maximum absolute atomic E-state index is 14.8. The topological polar surface area (TPSA) is 129 Å². The molecule has 1 atom stereocenters. The van der Waals surface area contributed by atoms with Crippen molar-refractivity contribution >= 4 is 29.1 Å². The van der Waals surface area contributed by atoms with E-state index in [0.29, 0.717) is 33.7 Å². The summed E-state index contributed by atoms with van der Waals surface area (Å²) < 4.78 is 41.2. The van der Waals surface area contributed by atoms with Gasteiger partial charge in [-0.3, -0.25) is 9.59 Å². The molecule has 0 aliphatic rings. The third-order valence-corrected chi connectivity index (χ3v) is 6.04. The number of carboxylic acid groups (broad SMARTS) is 1. The van der Waals surface area contributed by atoms with Crippen LogP contribution in [0.3, 0.4) is 0 Å². The van der Waals surface area contributed by atoms with Crippen LogP contribution in [0.4, 0.5) is 19.0 Å². The molecule has 9 nitrogen and oxygen atoms in total. The number of aromatic nitrogens is 3. The van der Waals surface area contributed by atoms with Crippen LogP contribution in [-0.2, 0) is 16.0 Å². The van der Waals surface area contributed by atoms with Gasteiger partial charge in [-0.05, 0) is 37.6 Å². The van der Waals surface area contributed by atoms with E-state index in [1.165, 1.54) is 23.2 Å². The minimum atomic E-state index is -2.92. The number of hydrogen-bond donors (Lipinski definition) is 3. The van der Waals surface area contributed by atoms with Crippen molar-refractivity contribution in [1.29, 1.82) is 0 Å². The summed E-state index contributed by atoms with van der Waals surface area (Å²) in [6, 6.07) is 10.4. The van der Waals surface area contributed by atoms with Crippen LogP contribution < -0.4 is 5.32 Å². The first-order chi connectivity index (χ1) is 19.0. The zero-order chi connectivity index (χ0) is 29.6. The van der Waals surface area contributed by atoms with Crippen LogP contribution in [0.2, 0.25) is 0 Å². The molecule has 210 valence electrons. The first-order valence-corrected chi connectivity index (χ1v) is 12.0. The van der Waals surface area contributed by atoms with Crippen molar-refractivity contribution < 1.29 is 33.0 Å². The quantitative estimate of drug-likeness (QED) is 0.263. The Morgan fingerprint density at radius 1 is 1.10 bits per heavy atom. The number of nitrogens with one attached hydrogen (secondary N) is 1. The normalized spacial score (nSPS) is 11.5. The number of hydrogen-bond acceptors (Lipinski definition) is 7. The highest BCUT2D eigenvalue weighted by atomic mass is 19.3. The molecule has 0 fully saturated rings. The highest BCUT2D eigenvalue weighted by Crippen LogP contribution is 2.33. The molecule has 40 heavy (non-hydrogen) atoms. The van der Waals surface area contributed by atoms with Crippen molar-refractivity contribution in [2.45, 2.75) is 32.7 Å². The molecule has 12 heteroatoms. The molecule has 0 aliphatic heterocycles. The number of carbonyl (C=O) groups excluding carboxylic acids is 1.